The summed E-state index contributed by atoms with van der Waals surface area (Å²) in [5, 5.41) is 0. The Kier molecular flexibility index (Phi) is 14.5. The van der Waals surface area contributed by atoms with Crippen LogP contribution in [0.3, 0.4) is 0 Å². The lowest BCUT2D eigenvalue weighted by Gasteiger charge is -2.04. The Balaban J connectivity index is 0. The Labute approximate surface area is 90.2 Å². The quantitative estimate of drug-likeness (QED) is 0.388. The Hall–Kier alpha value is -0.353. The molecule has 0 radical (unpaired) electrons. The monoisotopic (exact) mass is 219 g/mol. The van der Waals surface area contributed by atoms with Gasteiger partial charge in [0.15, 0.2) is 9.04 Å². The topological polar surface area (TPSA) is 29.5 Å². The first kappa shape index (κ1) is 16.1. The first-order valence-electron chi connectivity index (χ1n) is 5.27. The molecule has 0 saturated heterocycles. The van der Waals surface area contributed by atoms with E-state index in [9.17, 15) is 4.79 Å². The van der Waals surface area contributed by atoms with Gasteiger partial charge in [0.25, 0.3) is 0 Å². The van der Waals surface area contributed by atoms with Gasteiger partial charge in [0.05, 0.1) is 0 Å². The number of carbonyl (C=O) groups excluding carboxylic acids is 1. The van der Waals surface area contributed by atoms with E-state index in [-0.39, 0.29) is 0 Å². The van der Waals surface area contributed by atoms with Crippen molar-refractivity contribution in [3.05, 3.63) is 0 Å². The first-order valence-corrected chi connectivity index (χ1v) is 8.06. The normalized spacial score (nSPS) is 9.29. The highest BCUT2D eigenvalue weighted by Crippen LogP contribution is 1.95. The smallest absolute Gasteiger partial charge is 0.209 e. The number of hydrogen-bond acceptors (Lipinski definition) is 2. The van der Waals surface area contributed by atoms with Gasteiger partial charge in [0.1, 0.15) is 0 Å². The third-order valence-corrected chi connectivity index (χ3v) is 2.31. The lowest BCUT2D eigenvalue weighted by atomic mass is 10.3. The molecular formula is C10H25NO2Si. The summed E-state index contributed by atoms with van der Waals surface area (Å²) < 4.78 is 5.48. The molecule has 0 bridgehead atoms. The fourth-order valence-corrected chi connectivity index (χ4v) is 1.31. The predicted molar refractivity (Wildman–Crippen MR) is 64.1 cm³/mol. The molecule has 0 aromatic rings. The van der Waals surface area contributed by atoms with Crippen LogP contribution in [-0.2, 0) is 9.22 Å². The summed E-state index contributed by atoms with van der Waals surface area (Å²) in [6.07, 6.45) is 4.62. The number of rotatable bonds is 6. The summed E-state index contributed by atoms with van der Waals surface area (Å²) in [7, 11) is 2.66. The van der Waals surface area contributed by atoms with Crippen LogP contribution < -0.4 is 0 Å². The number of nitrogens with zero attached hydrogens (tertiary/aromatic N) is 1. The fourth-order valence-electron chi connectivity index (χ4n) is 0.671. The van der Waals surface area contributed by atoms with Crippen LogP contribution in [0, 0.1) is 0 Å². The number of hydrogen-bond donors (Lipinski definition) is 0. The molecule has 4 heteroatoms. The van der Waals surface area contributed by atoms with Crippen LogP contribution in [0.2, 0.25) is 13.1 Å². The van der Waals surface area contributed by atoms with Crippen molar-refractivity contribution in [1.29, 1.82) is 0 Å². The second-order valence-electron chi connectivity index (χ2n) is 3.70. The van der Waals surface area contributed by atoms with Gasteiger partial charge < -0.3 is 9.33 Å². The van der Waals surface area contributed by atoms with Gasteiger partial charge in [-0.2, -0.15) is 0 Å². The molecule has 0 aromatic carbocycles. The first-order chi connectivity index (χ1) is 6.54. The number of carbonyl (C=O) groups is 1. The maximum absolute atomic E-state index is 9.43. The molecule has 14 heavy (non-hydrogen) atoms. The Bertz CT molecular complexity index is 119. The van der Waals surface area contributed by atoms with Crippen molar-refractivity contribution < 1.29 is 9.22 Å². The van der Waals surface area contributed by atoms with Crippen LogP contribution in [0.25, 0.3) is 0 Å². The molecule has 0 unspecified atom stereocenters. The SMILES string of the molecule is CCCCCO[SiH](C)C.CN(C)C=O. The highest BCUT2D eigenvalue weighted by atomic mass is 28.3. The third kappa shape index (κ3) is 22.6. The van der Waals surface area contributed by atoms with E-state index in [0.717, 1.165) is 13.0 Å². The zero-order valence-electron chi connectivity index (χ0n) is 10.2. The molecule has 0 rings (SSSR count). The average Bonchev–Trinajstić information content (AvgIpc) is 2.13. The molecule has 1 amide bonds. The zero-order valence-corrected chi connectivity index (χ0v) is 11.4. The standard InChI is InChI=1S/C7H18OSi.C3H7NO/c1-4-5-6-7-8-9(2)3;1-4(2)3-5/h9H,4-7H2,1-3H3;3H,1-2H3. The van der Waals surface area contributed by atoms with E-state index in [2.05, 4.69) is 20.0 Å². The molecule has 0 aliphatic rings. The van der Waals surface area contributed by atoms with Crippen LogP contribution in [0.4, 0.5) is 0 Å². The Morgan fingerprint density at radius 2 is 1.79 bits per heavy atom. The molecule has 3 nitrogen and oxygen atoms in total. The maximum Gasteiger partial charge on any atom is 0.209 e. The highest BCUT2D eigenvalue weighted by molar-refractivity contribution is 6.48. The minimum absolute atomic E-state index is 0.713. The molecule has 0 spiro atoms. The van der Waals surface area contributed by atoms with Crippen LogP contribution >= 0.6 is 0 Å². The maximum atomic E-state index is 9.43. The van der Waals surface area contributed by atoms with E-state index in [4.69, 9.17) is 4.43 Å². The van der Waals surface area contributed by atoms with E-state index in [1.165, 1.54) is 24.2 Å². The van der Waals surface area contributed by atoms with E-state index in [1.807, 2.05) is 0 Å². The van der Waals surface area contributed by atoms with Gasteiger partial charge in [0.2, 0.25) is 6.41 Å². The highest BCUT2D eigenvalue weighted by Gasteiger charge is 1.92. The van der Waals surface area contributed by atoms with Crippen molar-refractivity contribution in [2.45, 2.75) is 39.3 Å². The molecular weight excluding hydrogens is 194 g/mol. The van der Waals surface area contributed by atoms with Crippen LogP contribution in [0.5, 0.6) is 0 Å². The van der Waals surface area contributed by atoms with Crippen molar-refractivity contribution >= 4 is 15.5 Å². The van der Waals surface area contributed by atoms with Gasteiger partial charge in [-0.1, -0.05) is 19.8 Å². The van der Waals surface area contributed by atoms with E-state index >= 15 is 0 Å². The molecule has 0 aliphatic heterocycles. The van der Waals surface area contributed by atoms with Crippen molar-refractivity contribution in [1.82, 2.24) is 4.90 Å². The lowest BCUT2D eigenvalue weighted by Crippen LogP contribution is -2.08. The minimum atomic E-state index is -0.713. The van der Waals surface area contributed by atoms with Crippen molar-refractivity contribution in [2.75, 3.05) is 20.7 Å². The summed E-state index contributed by atoms with van der Waals surface area (Å²) in [5.74, 6) is 0. The van der Waals surface area contributed by atoms with Gasteiger partial charge >= 0.3 is 0 Å². The van der Waals surface area contributed by atoms with Crippen molar-refractivity contribution in [3.8, 4) is 0 Å². The largest absolute Gasteiger partial charge is 0.421 e. The van der Waals surface area contributed by atoms with Crippen molar-refractivity contribution in [3.63, 3.8) is 0 Å². The lowest BCUT2D eigenvalue weighted by molar-refractivity contribution is -0.115. The summed E-state index contributed by atoms with van der Waals surface area (Å²) in [4.78, 5) is 10.9. The van der Waals surface area contributed by atoms with Gasteiger partial charge in [-0.15, -0.1) is 0 Å². The van der Waals surface area contributed by atoms with Crippen LogP contribution in [0.15, 0.2) is 0 Å². The van der Waals surface area contributed by atoms with Crippen LogP contribution in [-0.4, -0.2) is 41.1 Å². The molecule has 0 N–H and O–H groups in total. The second kappa shape index (κ2) is 12.6. The van der Waals surface area contributed by atoms with E-state index in [0.29, 0.717) is 0 Å². The van der Waals surface area contributed by atoms with Gasteiger partial charge in [-0.3, -0.25) is 4.79 Å². The van der Waals surface area contributed by atoms with Crippen LogP contribution in [0.1, 0.15) is 26.2 Å². The Morgan fingerprint density at radius 3 is 2.07 bits per heavy atom. The predicted octanol–water partition coefficient (Wildman–Crippen LogP) is 1.88. The van der Waals surface area contributed by atoms with E-state index < -0.39 is 9.04 Å². The van der Waals surface area contributed by atoms with Gasteiger partial charge in [-0.05, 0) is 19.5 Å². The molecule has 86 valence electrons. The summed E-state index contributed by atoms with van der Waals surface area (Å²) in [6.45, 7) is 7.64. The Morgan fingerprint density at radius 1 is 1.29 bits per heavy atom. The fraction of sp³-hybridized carbons (Fsp3) is 0.900. The molecule has 0 saturated carbocycles. The summed E-state index contributed by atoms with van der Waals surface area (Å²) >= 11 is 0. The second-order valence-corrected chi connectivity index (χ2v) is 6.13. The summed E-state index contributed by atoms with van der Waals surface area (Å²) in [6, 6.07) is 0. The summed E-state index contributed by atoms with van der Waals surface area (Å²) in [5.41, 5.74) is 0. The number of unbranched alkanes of at least 4 members (excludes halogenated alkanes) is 2. The minimum Gasteiger partial charge on any atom is -0.421 e. The molecule has 0 heterocycles. The molecule has 0 fully saturated rings. The average molecular weight is 219 g/mol. The molecule has 0 aromatic heterocycles. The van der Waals surface area contributed by atoms with Gasteiger partial charge in [0, 0.05) is 20.7 Å². The molecule has 0 atom stereocenters. The van der Waals surface area contributed by atoms with Gasteiger partial charge in [-0.25, -0.2) is 0 Å². The van der Waals surface area contributed by atoms with Crippen molar-refractivity contribution in [2.24, 2.45) is 0 Å². The molecule has 0 aliphatic carbocycles. The van der Waals surface area contributed by atoms with E-state index in [1.54, 1.807) is 14.1 Å². The third-order valence-electron chi connectivity index (χ3n) is 1.41. The number of amides is 1. The zero-order chi connectivity index (χ0) is 11.4.